The molecule has 1 heterocycles. The van der Waals surface area contributed by atoms with Crippen LogP contribution in [0.25, 0.3) is 0 Å². The number of nitrogens with one attached hydrogen (secondary N) is 1. The number of nitrogen functional groups attached to an aromatic ring is 1. The van der Waals surface area contributed by atoms with Gasteiger partial charge in [-0.15, -0.1) is 0 Å². The molecule has 0 aromatic carbocycles. The fraction of sp³-hybridized carbons (Fsp3) is 0.200. The van der Waals surface area contributed by atoms with E-state index in [1.54, 1.807) is 6.92 Å². The summed E-state index contributed by atoms with van der Waals surface area (Å²) in [5, 5.41) is 0.419. The summed E-state index contributed by atoms with van der Waals surface area (Å²) in [7, 11) is 0. The maximum absolute atomic E-state index is 5.65. The van der Waals surface area contributed by atoms with Gasteiger partial charge < -0.3 is 5.43 Å². The van der Waals surface area contributed by atoms with E-state index in [0.29, 0.717) is 11.0 Å². The van der Waals surface area contributed by atoms with Crippen molar-refractivity contribution in [2.24, 2.45) is 5.84 Å². The number of halogens is 1. The minimum Gasteiger partial charge on any atom is -0.308 e. The Morgan fingerprint density at radius 1 is 1.60 bits per heavy atom. The van der Waals surface area contributed by atoms with Crippen molar-refractivity contribution in [3.8, 4) is 0 Å². The molecule has 0 bridgehead atoms. The number of rotatable bonds is 1. The van der Waals surface area contributed by atoms with E-state index in [2.05, 4.69) is 15.4 Å². The van der Waals surface area contributed by atoms with Crippen molar-refractivity contribution < 1.29 is 0 Å². The van der Waals surface area contributed by atoms with Crippen LogP contribution in [0.15, 0.2) is 6.33 Å². The van der Waals surface area contributed by atoms with Gasteiger partial charge in [-0.3, -0.25) is 0 Å². The molecule has 0 aliphatic heterocycles. The van der Waals surface area contributed by atoms with Gasteiger partial charge in [-0.05, 0) is 6.92 Å². The molecule has 0 unspecified atom stereocenters. The van der Waals surface area contributed by atoms with Gasteiger partial charge in [0.15, 0.2) is 0 Å². The van der Waals surface area contributed by atoms with Gasteiger partial charge in [0.25, 0.3) is 0 Å². The van der Waals surface area contributed by atoms with Crippen LogP contribution in [0.2, 0.25) is 5.15 Å². The molecule has 54 valence electrons. The molecule has 0 atom stereocenters. The van der Waals surface area contributed by atoms with E-state index < -0.39 is 0 Å². The number of hydrogen-bond acceptors (Lipinski definition) is 4. The Bertz CT molecular complexity index is 237. The Hall–Kier alpha value is -0.870. The summed E-state index contributed by atoms with van der Waals surface area (Å²) in [5.41, 5.74) is 3.16. The lowest BCUT2D eigenvalue weighted by atomic mass is 10.3. The van der Waals surface area contributed by atoms with Crippen molar-refractivity contribution >= 4 is 17.4 Å². The minimum atomic E-state index is 0.419. The highest BCUT2D eigenvalue weighted by atomic mass is 35.5. The van der Waals surface area contributed by atoms with Gasteiger partial charge in [-0.25, -0.2) is 15.8 Å². The molecule has 0 amide bonds. The Kier molecular flexibility index (Phi) is 2.03. The quantitative estimate of drug-likeness (QED) is 0.359. The van der Waals surface area contributed by atoms with E-state index in [-0.39, 0.29) is 0 Å². The topological polar surface area (TPSA) is 63.8 Å². The van der Waals surface area contributed by atoms with Gasteiger partial charge >= 0.3 is 0 Å². The second-order valence-corrected chi connectivity index (χ2v) is 2.14. The lowest BCUT2D eigenvalue weighted by Gasteiger charge is -2.01. The molecule has 0 aliphatic rings. The third-order valence-corrected chi connectivity index (χ3v) is 1.54. The van der Waals surface area contributed by atoms with Crippen LogP contribution in [0.1, 0.15) is 5.56 Å². The molecule has 1 aromatic heterocycles. The Labute approximate surface area is 63.4 Å². The van der Waals surface area contributed by atoms with Crippen LogP contribution in [0.4, 0.5) is 5.82 Å². The predicted octanol–water partition coefficient (Wildman–Crippen LogP) is 0.724. The van der Waals surface area contributed by atoms with Crippen LogP contribution < -0.4 is 11.3 Å². The first-order valence-electron chi connectivity index (χ1n) is 2.69. The van der Waals surface area contributed by atoms with E-state index >= 15 is 0 Å². The lowest BCUT2D eigenvalue weighted by molar-refractivity contribution is 1.10. The second kappa shape index (κ2) is 2.81. The van der Waals surface area contributed by atoms with E-state index in [1.807, 2.05) is 0 Å². The molecular formula is C5H7ClN4. The fourth-order valence-corrected chi connectivity index (χ4v) is 0.707. The first-order chi connectivity index (χ1) is 4.75. The van der Waals surface area contributed by atoms with Crippen molar-refractivity contribution in [2.45, 2.75) is 6.92 Å². The third kappa shape index (κ3) is 1.17. The van der Waals surface area contributed by atoms with Crippen LogP contribution in [-0.2, 0) is 0 Å². The molecule has 0 fully saturated rings. The Morgan fingerprint density at radius 3 is 2.80 bits per heavy atom. The summed E-state index contributed by atoms with van der Waals surface area (Å²) < 4.78 is 0. The molecule has 0 saturated heterocycles. The monoisotopic (exact) mass is 158 g/mol. The van der Waals surface area contributed by atoms with Crippen molar-refractivity contribution in [3.05, 3.63) is 17.0 Å². The summed E-state index contributed by atoms with van der Waals surface area (Å²) >= 11 is 5.65. The SMILES string of the molecule is Cc1c(Cl)ncnc1NN. The summed E-state index contributed by atoms with van der Waals surface area (Å²) in [6.45, 7) is 1.79. The van der Waals surface area contributed by atoms with Gasteiger partial charge in [0.1, 0.15) is 17.3 Å². The average Bonchev–Trinajstić information content (AvgIpc) is 1.95. The summed E-state index contributed by atoms with van der Waals surface area (Å²) in [4.78, 5) is 7.57. The van der Waals surface area contributed by atoms with E-state index in [4.69, 9.17) is 17.4 Å². The van der Waals surface area contributed by atoms with Gasteiger partial charge in [0.05, 0.1) is 0 Å². The smallest absolute Gasteiger partial charge is 0.147 e. The minimum absolute atomic E-state index is 0.419. The average molecular weight is 159 g/mol. The van der Waals surface area contributed by atoms with E-state index in [0.717, 1.165) is 5.56 Å². The highest BCUT2D eigenvalue weighted by Gasteiger charge is 2.00. The zero-order valence-corrected chi connectivity index (χ0v) is 6.18. The van der Waals surface area contributed by atoms with Crippen LogP contribution >= 0.6 is 11.6 Å². The first-order valence-corrected chi connectivity index (χ1v) is 3.07. The highest BCUT2D eigenvalue weighted by molar-refractivity contribution is 6.30. The summed E-state index contributed by atoms with van der Waals surface area (Å²) in [6.07, 6.45) is 1.35. The zero-order chi connectivity index (χ0) is 7.56. The van der Waals surface area contributed by atoms with Gasteiger partial charge in [-0.1, -0.05) is 11.6 Å². The Morgan fingerprint density at radius 2 is 2.30 bits per heavy atom. The van der Waals surface area contributed by atoms with E-state index in [1.165, 1.54) is 6.33 Å². The number of aromatic nitrogens is 2. The number of hydrazine groups is 1. The van der Waals surface area contributed by atoms with Crippen molar-refractivity contribution in [1.82, 2.24) is 9.97 Å². The van der Waals surface area contributed by atoms with Gasteiger partial charge in [0, 0.05) is 5.56 Å². The molecule has 0 saturated carbocycles. The predicted molar refractivity (Wildman–Crippen MR) is 39.6 cm³/mol. The first kappa shape index (κ1) is 7.24. The molecule has 0 radical (unpaired) electrons. The summed E-state index contributed by atoms with van der Waals surface area (Å²) in [5.74, 6) is 5.68. The van der Waals surface area contributed by atoms with E-state index in [9.17, 15) is 0 Å². The molecule has 4 nitrogen and oxygen atoms in total. The lowest BCUT2D eigenvalue weighted by Crippen LogP contribution is -2.10. The zero-order valence-electron chi connectivity index (χ0n) is 5.43. The van der Waals surface area contributed by atoms with Crippen molar-refractivity contribution in [3.63, 3.8) is 0 Å². The largest absolute Gasteiger partial charge is 0.308 e. The molecule has 10 heavy (non-hydrogen) atoms. The third-order valence-electron chi connectivity index (χ3n) is 1.16. The number of nitrogens with zero attached hydrogens (tertiary/aromatic N) is 2. The maximum atomic E-state index is 5.65. The Balaban J connectivity index is 3.14. The van der Waals surface area contributed by atoms with Gasteiger partial charge in [-0.2, -0.15) is 0 Å². The molecular weight excluding hydrogens is 152 g/mol. The molecule has 5 heteroatoms. The van der Waals surface area contributed by atoms with Crippen LogP contribution in [0, 0.1) is 6.92 Å². The highest BCUT2D eigenvalue weighted by Crippen LogP contribution is 2.15. The second-order valence-electron chi connectivity index (χ2n) is 1.78. The number of nitrogens with two attached hydrogens (primary N) is 1. The fourth-order valence-electron chi connectivity index (χ4n) is 0.574. The normalized spacial score (nSPS) is 9.50. The number of hydrogen-bond donors (Lipinski definition) is 2. The van der Waals surface area contributed by atoms with Gasteiger partial charge in [0.2, 0.25) is 0 Å². The molecule has 0 aliphatic carbocycles. The molecule has 0 spiro atoms. The van der Waals surface area contributed by atoms with Crippen LogP contribution in [0.5, 0.6) is 0 Å². The maximum Gasteiger partial charge on any atom is 0.147 e. The van der Waals surface area contributed by atoms with Crippen LogP contribution in [0.3, 0.4) is 0 Å². The molecule has 1 rings (SSSR count). The molecule has 1 aromatic rings. The van der Waals surface area contributed by atoms with Crippen LogP contribution in [-0.4, -0.2) is 9.97 Å². The standard InChI is InChI=1S/C5H7ClN4/c1-3-4(6)8-2-9-5(3)10-7/h2H,7H2,1H3,(H,8,9,10). The van der Waals surface area contributed by atoms with Crippen molar-refractivity contribution in [1.29, 1.82) is 0 Å². The van der Waals surface area contributed by atoms with Crippen molar-refractivity contribution in [2.75, 3.05) is 5.43 Å². The summed E-state index contributed by atoms with van der Waals surface area (Å²) in [6, 6.07) is 0. The molecule has 3 N–H and O–H groups in total. The number of anilines is 1.